The maximum absolute atomic E-state index is 2.67. The van der Waals surface area contributed by atoms with Crippen LogP contribution in [0.3, 0.4) is 0 Å². The highest BCUT2D eigenvalue weighted by Gasteiger charge is 2.43. The lowest BCUT2D eigenvalue weighted by molar-refractivity contribution is 0.370. The summed E-state index contributed by atoms with van der Waals surface area (Å²) in [7, 11) is 0. The Hall–Kier alpha value is -3.98. The molecular formula is C37H33BN2. The van der Waals surface area contributed by atoms with Crippen molar-refractivity contribution in [1.29, 1.82) is 0 Å². The van der Waals surface area contributed by atoms with E-state index in [-0.39, 0.29) is 6.71 Å². The summed E-state index contributed by atoms with van der Waals surface area (Å²) in [5, 5.41) is 2.71. The van der Waals surface area contributed by atoms with Crippen molar-refractivity contribution >= 4 is 45.1 Å². The molecule has 0 unspecified atom stereocenters. The molecule has 0 N–H and O–H groups in total. The number of benzene rings is 3. The molecule has 0 amide bonds. The minimum atomic E-state index is 0.257. The highest BCUT2D eigenvalue weighted by Crippen LogP contribution is 2.47. The second-order valence-electron chi connectivity index (χ2n) is 12.2. The summed E-state index contributed by atoms with van der Waals surface area (Å²) in [4.78, 5) is 2.67. The Kier molecular flexibility index (Phi) is 4.85. The molecule has 0 radical (unpaired) electrons. The van der Waals surface area contributed by atoms with E-state index in [9.17, 15) is 0 Å². The highest BCUT2D eigenvalue weighted by molar-refractivity contribution is 6.95. The van der Waals surface area contributed by atoms with E-state index in [1.54, 1.807) is 11.1 Å². The van der Waals surface area contributed by atoms with Crippen LogP contribution in [0.1, 0.15) is 51.9 Å². The summed E-state index contributed by atoms with van der Waals surface area (Å²) in [6, 6.07) is 23.0. The lowest BCUT2D eigenvalue weighted by Gasteiger charge is -2.44. The molecule has 40 heavy (non-hydrogen) atoms. The number of allylic oxidation sites excluding steroid dienone is 8. The van der Waals surface area contributed by atoms with Crippen LogP contribution in [-0.4, -0.2) is 11.3 Å². The third kappa shape index (κ3) is 2.96. The average Bonchev–Trinajstić information content (AvgIpc) is 3.32. The molecule has 3 heteroatoms. The molecule has 1 saturated carbocycles. The second kappa shape index (κ2) is 8.51. The van der Waals surface area contributed by atoms with Gasteiger partial charge in [-0.2, -0.15) is 0 Å². The molecule has 0 bridgehead atoms. The normalized spacial score (nSPS) is 20.0. The van der Waals surface area contributed by atoms with E-state index in [0.717, 1.165) is 31.6 Å². The van der Waals surface area contributed by atoms with Gasteiger partial charge in [0.1, 0.15) is 0 Å². The van der Waals surface area contributed by atoms with Crippen molar-refractivity contribution in [2.75, 3.05) is 4.90 Å². The van der Waals surface area contributed by atoms with E-state index in [2.05, 4.69) is 107 Å². The Labute approximate surface area is 236 Å². The molecule has 4 aromatic rings. The van der Waals surface area contributed by atoms with E-state index >= 15 is 0 Å². The van der Waals surface area contributed by atoms with Crippen molar-refractivity contribution in [3.05, 3.63) is 119 Å². The third-order valence-electron chi connectivity index (χ3n) is 10.2. The van der Waals surface area contributed by atoms with Crippen molar-refractivity contribution in [3.63, 3.8) is 0 Å². The summed E-state index contributed by atoms with van der Waals surface area (Å²) in [6.45, 7) is 2.70. The maximum Gasteiger partial charge on any atom is 0.247 e. The predicted molar refractivity (Wildman–Crippen MR) is 170 cm³/mol. The minimum absolute atomic E-state index is 0.257. The van der Waals surface area contributed by atoms with E-state index in [4.69, 9.17) is 0 Å². The summed E-state index contributed by atoms with van der Waals surface area (Å²) >= 11 is 0. The Balaban J connectivity index is 1.43. The molecular weight excluding hydrogens is 483 g/mol. The van der Waals surface area contributed by atoms with Gasteiger partial charge in [0.05, 0.1) is 11.0 Å². The quantitative estimate of drug-likeness (QED) is 0.250. The first-order chi connectivity index (χ1) is 19.8. The number of nitrogens with zero attached hydrogens (tertiary/aromatic N) is 2. The molecule has 9 rings (SSSR count). The van der Waals surface area contributed by atoms with Gasteiger partial charge < -0.3 is 9.47 Å². The summed E-state index contributed by atoms with van der Waals surface area (Å²) in [5.74, 6) is 0.717. The number of anilines is 1. The Morgan fingerprint density at radius 3 is 2.50 bits per heavy atom. The number of fused-ring (bicyclic) bond motifs is 6. The van der Waals surface area contributed by atoms with Crippen LogP contribution >= 0.6 is 0 Å². The smallest absolute Gasteiger partial charge is 0.247 e. The van der Waals surface area contributed by atoms with Crippen molar-refractivity contribution in [2.45, 2.75) is 51.9 Å². The zero-order valence-corrected chi connectivity index (χ0v) is 23.2. The Bertz CT molecular complexity index is 1910. The number of rotatable bonds is 3. The Morgan fingerprint density at radius 1 is 0.800 bits per heavy atom. The summed E-state index contributed by atoms with van der Waals surface area (Å²) in [6.07, 6.45) is 20.7. The molecule has 0 saturated heterocycles. The second-order valence-corrected chi connectivity index (χ2v) is 12.2. The van der Waals surface area contributed by atoms with Crippen LogP contribution in [0.4, 0.5) is 5.69 Å². The first kappa shape index (κ1) is 22.8. The van der Waals surface area contributed by atoms with Crippen LogP contribution in [0.2, 0.25) is 0 Å². The fourth-order valence-corrected chi connectivity index (χ4v) is 8.22. The Morgan fingerprint density at radius 2 is 1.65 bits per heavy atom. The topological polar surface area (TPSA) is 8.17 Å². The van der Waals surface area contributed by atoms with Gasteiger partial charge in [-0.25, -0.2) is 0 Å². The van der Waals surface area contributed by atoms with Gasteiger partial charge in [0.25, 0.3) is 0 Å². The van der Waals surface area contributed by atoms with Crippen molar-refractivity contribution in [3.8, 4) is 5.69 Å². The standard InChI is InChI=1S/C37H33BN2/c1-24-36(29-18-6-5-16-27(29)25-12-11-13-25)39(26-14-3-2-4-15-26)34-23-22-30-28-17-7-9-20-32(28)40-33-21-10-8-19-31(33)38(24)35(34)37(30)40/h3,5,7-10,14-17,19-23,25H,2,4,6,11-13,18H2,1H3. The van der Waals surface area contributed by atoms with Crippen LogP contribution in [-0.2, 0) is 0 Å². The highest BCUT2D eigenvalue weighted by atomic mass is 15.2. The van der Waals surface area contributed by atoms with Crippen molar-refractivity contribution in [1.82, 2.24) is 4.57 Å². The van der Waals surface area contributed by atoms with Gasteiger partial charge in [0.2, 0.25) is 6.71 Å². The third-order valence-corrected chi connectivity index (χ3v) is 10.2. The zero-order chi connectivity index (χ0) is 26.4. The molecule has 1 aromatic heterocycles. The lowest BCUT2D eigenvalue weighted by Crippen LogP contribution is -2.55. The first-order valence-electron chi connectivity index (χ1n) is 15.2. The van der Waals surface area contributed by atoms with Gasteiger partial charge in [0, 0.05) is 33.5 Å². The molecule has 2 nitrogen and oxygen atoms in total. The predicted octanol–water partition coefficient (Wildman–Crippen LogP) is 8.02. The van der Waals surface area contributed by atoms with Crippen molar-refractivity contribution < 1.29 is 0 Å². The van der Waals surface area contributed by atoms with Gasteiger partial charge in [0.15, 0.2) is 0 Å². The molecule has 194 valence electrons. The van der Waals surface area contributed by atoms with Gasteiger partial charge >= 0.3 is 0 Å². The molecule has 3 heterocycles. The fraction of sp³-hybridized carbons (Fsp3) is 0.243. The van der Waals surface area contributed by atoms with E-state index in [1.165, 1.54) is 80.2 Å². The molecule has 0 spiro atoms. The number of para-hydroxylation sites is 2. The maximum atomic E-state index is 2.67. The minimum Gasteiger partial charge on any atom is -0.312 e. The van der Waals surface area contributed by atoms with Gasteiger partial charge in [-0.05, 0) is 97.7 Å². The summed E-state index contributed by atoms with van der Waals surface area (Å²) in [5.41, 5.74) is 15.8. The lowest BCUT2D eigenvalue weighted by atomic mass is 9.33. The van der Waals surface area contributed by atoms with Gasteiger partial charge in [-0.15, -0.1) is 0 Å². The molecule has 3 aliphatic carbocycles. The molecule has 3 aromatic carbocycles. The number of aromatic nitrogens is 1. The van der Waals surface area contributed by atoms with E-state index in [0.29, 0.717) is 0 Å². The van der Waals surface area contributed by atoms with Crippen LogP contribution in [0, 0.1) is 5.92 Å². The van der Waals surface area contributed by atoms with Crippen LogP contribution < -0.4 is 15.8 Å². The SMILES string of the molecule is CC1=C(C2=C(C3CCC3)C=CCC2)N(C2=CCCC=C2)c2ccc3c4ccccc4n4c3c2B1c1ccccc1-4. The number of hydrogen-bond acceptors (Lipinski definition) is 1. The summed E-state index contributed by atoms with van der Waals surface area (Å²) < 4.78 is 2.55. The fourth-order valence-electron chi connectivity index (χ4n) is 8.22. The largest absolute Gasteiger partial charge is 0.312 e. The first-order valence-corrected chi connectivity index (χ1v) is 15.2. The van der Waals surface area contributed by atoms with E-state index < -0.39 is 0 Å². The van der Waals surface area contributed by atoms with Crippen LogP contribution in [0.25, 0.3) is 27.5 Å². The van der Waals surface area contributed by atoms with Gasteiger partial charge in [-0.3, -0.25) is 0 Å². The molecule has 5 aliphatic rings. The molecule has 1 fully saturated rings. The average molecular weight is 516 g/mol. The van der Waals surface area contributed by atoms with Crippen molar-refractivity contribution in [2.24, 2.45) is 5.92 Å². The van der Waals surface area contributed by atoms with Gasteiger partial charge in [-0.1, -0.05) is 78.7 Å². The zero-order valence-electron chi connectivity index (χ0n) is 23.2. The monoisotopic (exact) mass is 516 g/mol. The van der Waals surface area contributed by atoms with E-state index in [1.807, 2.05) is 0 Å². The molecule has 0 atom stereocenters. The van der Waals surface area contributed by atoms with Crippen LogP contribution in [0.5, 0.6) is 0 Å². The number of hydrogen-bond donors (Lipinski definition) is 0. The molecule has 2 aliphatic heterocycles. The van der Waals surface area contributed by atoms with Crippen LogP contribution in [0.15, 0.2) is 119 Å².